The molecule has 0 bridgehead atoms. The Balaban J connectivity index is 1.64. The van der Waals surface area contributed by atoms with E-state index >= 15 is 0 Å². The van der Waals surface area contributed by atoms with Crippen molar-refractivity contribution in [3.05, 3.63) is 89.5 Å². The van der Waals surface area contributed by atoms with Crippen molar-refractivity contribution in [2.24, 2.45) is 0 Å². The van der Waals surface area contributed by atoms with Gasteiger partial charge in [-0.2, -0.15) is 0 Å². The minimum atomic E-state index is -0.298. The Hall–Kier alpha value is -3.21. The first kappa shape index (κ1) is 19.5. The Bertz CT molecular complexity index is 945. The number of hydrogen-bond donors (Lipinski definition) is 2. The van der Waals surface area contributed by atoms with Crippen LogP contribution >= 0.6 is 0 Å². The van der Waals surface area contributed by atoms with Crippen LogP contribution in [-0.4, -0.2) is 10.9 Å². The first-order valence-electron chi connectivity index (χ1n) is 9.16. The molecule has 0 aliphatic carbocycles. The molecule has 2 N–H and O–H groups in total. The van der Waals surface area contributed by atoms with Gasteiger partial charge < -0.3 is 10.6 Å². The number of rotatable bonds is 5. The number of hydrogen-bond acceptors (Lipinski definition) is 3. The van der Waals surface area contributed by atoms with Gasteiger partial charge >= 0.3 is 0 Å². The molecule has 0 fully saturated rings. The number of anilines is 2. The van der Waals surface area contributed by atoms with Crippen LogP contribution in [0.25, 0.3) is 0 Å². The number of carbonyl (C=O) groups is 1. The van der Waals surface area contributed by atoms with Crippen molar-refractivity contribution in [1.82, 2.24) is 10.3 Å². The molecule has 28 heavy (non-hydrogen) atoms. The third-order valence-electron chi connectivity index (χ3n) is 4.41. The summed E-state index contributed by atoms with van der Waals surface area (Å²) in [5.41, 5.74) is 4.30. The third-order valence-corrected chi connectivity index (χ3v) is 4.41. The number of pyridine rings is 1. The molecule has 4 nitrogen and oxygen atoms in total. The summed E-state index contributed by atoms with van der Waals surface area (Å²) in [6.45, 7) is 6.85. The van der Waals surface area contributed by atoms with E-state index < -0.39 is 0 Å². The molecular formula is C23H24FN3O. The molecule has 0 aliphatic heterocycles. The van der Waals surface area contributed by atoms with Crippen LogP contribution in [0.15, 0.2) is 67.0 Å². The van der Waals surface area contributed by atoms with Gasteiger partial charge in [-0.1, -0.05) is 45.0 Å². The quantitative estimate of drug-likeness (QED) is 0.643. The highest BCUT2D eigenvalue weighted by atomic mass is 19.1. The van der Waals surface area contributed by atoms with Crippen LogP contribution in [0.2, 0.25) is 0 Å². The van der Waals surface area contributed by atoms with E-state index in [0.29, 0.717) is 12.1 Å². The second-order valence-corrected chi connectivity index (χ2v) is 7.72. The van der Waals surface area contributed by atoms with E-state index in [9.17, 15) is 9.18 Å². The molecule has 1 aromatic heterocycles. The van der Waals surface area contributed by atoms with Crippen molar-refractivity contribution in [3.8, 4) is 0 Å². The average molecular weight is 377 g/mol. The van der Waals surface area contributed by atoms with E-state index in [1.165, 1.54) is 23.9 Å². The molecule has 3 rings (SSSR count). The number of nitrogens with zero attached hydrogens (tertiary/aromatic N) is 1. The normalized spacial score (nSPS) is 11.1. The first-order valence-corrected chi connectivity index (χ1v) is 9.16. The van der Waals surface area contributed by atoms with Crippen molar-refractivity contribution in [3.63, 3.8) is 0 Å². The lowest BCUT2D eigenvalue weighted by Crippen LogP contribution is -2.23. The second-order valence-electron chi connectivity index (χ2n) is 7.72. The van der Waals surface area contributed by atoms with Crippen LogP contribution in [0, 0.1) is 5.82 Å². The Kier molecular flexibility index (Phi) is 5.73. The number of nitrogens with one attached hydrogen (secondary N) is 2. The highest BCUT2D eigenvalue weighted by molar-refractivity contribution is 5.94. The topological polar surface area (TPSA) is 54.0 Å². The van der Waals surface area contributed by atoms with Crippen molar-refractivity contribution < 1.29 is 9.18 Å². The standard InChI is InChI=1S/C23H24FN3O/c1-23(2,3)18-6-10-20(11-7-18)27-21-12-17(14-25-15-21)22(28)26-13-16-4-8-19(24)9-5-16/h4-12,14-15,27H,13H2,1-3H3,(H,26,28). The van der Waals surface area contributed by atoms with Gasteiger partial charge in [0.2, 0.25) is 0 Å². The zero-order valence-electron chi connectivity index (χ0n) is 16.3. The van der Waals surface area contributed by atoms with Gasteiger partial charge in [0.05, 0.1) is 17.4 Å². The second kappa shape index (κ2) is 8.21. The van der Waals surface area contributed by atoms with Crippen molar-refractivity contribution >= 4 is 17.3 Å². The van der Waals surface area contributed by atoms with Crippen LogP contribution < -0.4 is 10.6 Å². The Morgan fingerprint density at radius 2 is 1.64 bits per heavy atom. The highest BCUT2D eigenvalue weighted by Gasteiger charge is 2.13. The van der Waals surface area contributed by atoms with Crippen LogP contribution in [0.4, 0.5) is 15.8 Å². The number of carbonyl (C=O) groups excluding carboxylic acids is 1. The lowest BCUT2D eigenvalue weighted by molar-refractivity contribution is 0.0950. The van der Waals surface area contributed by atoms with Crippen LogP contribution in [-0.2, 0) is 12.0 Å². The summed E-state index contributed by atoms with van der Waals surface area (Å²) in [6.07, 6.45) is 3.20. The largest absolute Gasteiger partial charge is 0.354 e. The lowest BCUT2D eigenvalue weighted by atomic mass is 9.87. The summed E-state index contributed by atoms with van der Waals surface area (Å²) in [5, 5.41) is 6.09. The van der Waals surface area contributed by atoms with E-state index in [4.69, 9.17) is 0 Å². The fourth-order valence-corrected chi connectivity index (χ4v) is 2.74. The fourth-order valence-electron chi connectivity index (χ4n) is 2.74. The maximum absolute atomic E-state index is 13.0. The van der Waals surface area contributed by atoms with Gasteiger partial charge in [0.25, 0.3) is 5.91 Å². The summed E-state index contributed by atoms with van der Waals surface area (Å²) in [4.78, 5) is 16.5. The maximum atomic E-state index is 13.0. The first-order chi connectivity index (χ1) is 13.3. The molecule has 5 heteroatoms. The van der Waals surface area contributed by atoms with E-state index in [-0.39, 0.29) is 17.1 Å². The van der Waals surface area contributed by atoms with E-state index in [1.807, 2.05) is 12.1 Å². The Morgan fingerprint density at radius 3 is 2.29 bits per heavy atom. The summed E-state index contributed by atoms with van der Waals surface area (Å²) in [5.74, 6) is -0.530. The molecule has 0 saturated carbocycles. The molecule has 0 unspecified atom stereocenters. The number of halogens is 1. The summed E-state index contributed by atoms with van der Waals surface area (Å²) in [6, 6.07) is 16.0. The van der Waals surface area contributed by atoms with Crippen LogP contribution in [0.5, 0.6) is 0 Å². The van der Waals surface area contributed by atoms with Crippen molar-refractivity contribution in [2.75, 3.05) is 5.32 Å². The zero-order valence-corrected chi connectivity index (χ0v) is 16.3. The average Bonchev–Trinajstić information content (AvgIpc) is 2.67. The molecule has 144 valence electrons. The zero-order chi connectivity index (χ0) is 20.1. The van der Waals surface area contributed by atoms with Gasteiger partial charge in [-0.3, -0.25) is 9.78 Å². The number of benzene rings is 2. The minimum Gasteiger partial charge on any atom is -0.354 e. The van der Waals surface area contributed by atoms with Crippen LogP contribution in [0.3, 0.4) is 0 Å². The van der Waals surface area contributed by atoms with Gasteiger partial charge in [0.1, 0.15) is 5.82 Å². The molecule has 0 spiro atoms. The fraction of sp³-hybridized carbons (Fsp3) is 0.217. The Labute approximate surface area is 164 Å². The predicted molar refractivity (Wildman–Crippen MR) is 110 cm³/mol. The number of amides is 1. The van der Waals surface area contributed by atoms with Crippen molar-refractivity contribution in [1.29, 1.82) is 0 Å². The van der Waals surface area contributed by atoms with Crippen molar-refractivity contribution in [2.45, 2.75) is 32.7 Å². The molecule has 1 amide bonds. The smallest absolute Gasteiger partial charge is 0.253 e. The molecule has 1 heterocycles. The summed E-state index contributed by atoms with van der Waals surface area (Å²) < 4.78 is 13.0. The molecule has 0 saturated heterocycles. The van der Waals surface area contributed by atoms with Gasteiger partial charge in [-0.15, -0.1) is 0 Å². The highest BCUT2D eigenvalue weighted by Crippen LogP contribution is 2.25. The summed E-state index contributed by atoms with van der Waals surface area (Å²) in [7, 11) is 0. The van der Waals surface area contributed by atoms with E-state index in [0.717, 1.165) is 16.9 Å². The molecular weight excluding hydrogens is 353 g/mol. The number of aromatic nitrogens is 1. The molecule has 3 aromatic rings. The van der Waals surface area contributed by atoms with Gasteiger partial charge in [0, 0.05) is 18.4 Å². The van der Waals surface area contributed by atoms with Gasteiger partial charge in [-0.05, 0) is 46.9 Å². The molecule has 0 aliphatic rings. The molecule has 2 aromatic carbocycles. The summed E-state index contributed by atoms with van der Waals surface area (Å²) >= 11 is 0. The Morgan fingerprint density at radius 1 is 0.964 bits per heavy atom. The SMILES string of the molecule is CC(C)(C)c1ccc(Nc2cncc(C(=O)NCc3ccc(F)cc3)c2)cc1. The van der Waals surface area contributed by atoms with Gasteiger partial charge in [0.15, 0.2) is 0 Å². The van der Waals surface area contributed by atoms with E-state index in [1.54, 1.807) is 24.4 Å². The maximum Gasteiger partial charge on any atom is 0.253 e. The lowest BCUT2D eigenvalue weighted by Gasteiger charge is -2.19. The molecule has 0 atom stereocenters. The van der Waals surface area contributed by atoms with Crippen LogP contribution in [0.1, 0.15) is 42.3 Å². The molecule has 0 radical (unpaired) electrons. The predicted octanol–water partition coefficient (Wildman–Crippen LogP) is 5.19. The third kappa shape index (κ3) is 5.16. The monoisotopic (exact) mass is 377 g/mol. The van der Waals surface area contributed by atoms with Gasteiger partial charge in [-0.25, -0.2) is 4.39 Å². The minimum absolute atomic E-state index is 0.0998. The van der Waals surface area contributed by atoms with E-state index in [2.05, 4.69) is 48.5 Å².